The second-order valence-corrected chi connectivity index (χ2v) is 6.16. The minimum absolute atomic E-state index is 0.136. The molecule has 1 N–H and O–H groups in total. The van der Waals surface area contributed by atoms with Crippen LogP contribution in [0.25, 0.3) is 0 Å². The molecule has 1 aromatic carbocycles. The number of imidazole rings is 1. The molecule has 1 atom stereocenters. The van der Waals surface area contributed by atoms with Crippen molar-refractivity contribution in [2.24, 2.45) is 7.05 Å². The fourth-order valence-corrected chi connectivity index (χ4v) is 3.13. The minimum Gasteiger partial charge on any atom is -0.337 e. The number of hydrogen-bond acceptors (Lipinski definition) is 3. The Morgan fingerprint density at radius 2 is 2.14 bits per heavy atom. The highest BCUT2D eigenvalue weighted by atomic mass is 35.5. The van der Waals surface area contributed by atoms with E-state index in [4.69, 9.17) is 11.6 Å². The van der Waals surface area contributed by atoms with Crippen LogP contribution < -0.4 is 5.32 Å². The highest BCUT2D eigenvalue weighted by Crippen LogP contribution is 2.27. The van der Waals surface area contributed by atoms with Gasteiger partial charge in [-0.2, -0.15) is 0 Å². The molecule has 112 valence electrons. The summed E-state index contributed by atoms with van der Waals surface area (Å²) in [6.45, 7) is 0. The van der Waals surface area contributed by atoms with Crippen LogP contribution in [0.2, 0.25) is 5.02 Å². The van der Waals surface area contributed by atoms with Crippen LogP contribution in [-0.2, 0) is 7.05 Å². The van der Waals surface area contributed by atoms with E-state index in [9.17, 15) is 4.79 Å². The Morgan fingerprint density at radius 1 is 1.32 bits per heavy atom. The molecule has 2 heterocycles. The number of carbonyl (C=O) groups excluding carboxylic acids is 1. The molecule has 0 saturated carbocycles. The predicted molar refractivity (Wildman–Crippen MR) is 88.3 cm³/mol. The van der Waals surface area contributed by atoms with Crippen molar-refractivity contribution in [1.82, 2.24) is 14.9 Å². The molecule has 0 bridgehead atoms. The number of aromatic nitrogens is 2. The average molecular weight is 332 g/mol. The summed E-state index contributed by atoms with van der Waals surface area (Å²) in [6, 6.07) is 10.7. The Morgan fingerprint density at radius 3 is 2.77 bits per heavy atom. The Labute approximate surface area is 137 Å². The molecule has 0 spiro atoms. The third-order valence-electron chi connectivity index (χ3n) is 3.35. The summed E-state index contributed by atoms with van der Waals surface area (Å²) in [6.07, 6.45) is 3.55. The summed E-state index contributed by atoms with van der Waals surface area (Å²) in [4.78, 5) is 17.4. The molecule has 0 aliphatic rings. The van der Waals surface area contributed by atoms with Crippen molar-refractivity contribution < 1.29 is 4.79 Å². The number of amides is 1. The molecule has 1 unspecified atom stereocenters. The number of halogens is 1. The van der Waals surface area contributed by atoms with Gasteiger partial charge in [0, 0.05) is 30.0 Å². The van der Waals surface area contributed by atoms with Gasteiger partial charge in [0.1, 0.15) is 11.9 Å². The van der Waals surface area contributed by atoms with Crippen LogP contribution in [0.15, 0.2) is 54.2 Å². The molecule has 0 saturated heterocycles. The predicted octanol–water partition coefficient (Wildman–Crippen LogP) is 3.65. The molecule has 6 heteroatoms. The summed E-state index contributed by atoms with van der Waals surface area (Å²) >= 11 is 7.71. The lowest BCUT2D eigenvalue weighted by Crippen LogP contribution is -2.30. The van der Waals surface area contributed by atoms with Crippen molar-refractivity contribution in [3.05, 3.63) is 75.5 Å². The van der Waals surface area contributed by atoms with Crippen molar-refractivity contribution in [2.45, 2.75) is 6.04 Å². The van der Waals surface area contributed by atoms with E-state index in [-0.39, 0.29) is 5.91 Å². The molecule has 0 radical (unpaired) electrons. The van der Waals surface area contributed by atoms with E-state index in [0.29, 0.717) is 9.90 Å². The maximum Gasteiger partial charge on any atom is 0.262 e. The number of nitrogens with one attached hydrogen (secondary N) is 1. The van der Waals surface area contributed by atoms with Gasteiger partial charge in [-0.1, -0.05) is 35.9 Å². The minimum atomic E-state index is -0.400. The normalized spacial score (nSPS) is 12.1. The SMILES string of the molecule is Cn1ccnc1C(NC(=O)c1cccs1)c1ccccc1Cl. The van der Waals surface area contributed by atoms with Crippen molar-refractivity contribution in [3.63, 3.8) is 0 Å². The van der Waals surface area contributed by atoms with E-state index >= 15 is 0 Å². The fourth-order valence-electron chi connectivity index (χ4n) is 2.26. The maximum absolute atomic E-state index is 12.4. The number of aryl methyl sites for hydroxylation is 1. The second-order valence-electron chi connectivity index (χ2n) is 4.80. The molecule has 4 nitrogen and oxygen atoms in total. The van der Waals surface area contributed by atoms with E-state index < -0.39 is 6.04 Å². The van der Waals surface area contributed by atoms with Gasteiger partial charge >= 0.3 is 0 Å². The topological polar surface area (TPSA) is 46.9 Å². The van der Waals surface area contributed by atoms with Gasteiger partial charge in [-0.25, -0.2) is 4.98 Å². The first kappa shape index (κ1) is 14.8. The largest absolute Gasteiger partial charge is 0.337 e. The van der Waals surface area contributed by atoms with E-state index in [1.165, 1.54) is 11.3 Å². The maximum atomic E-state index is 12.4. The van der Waals surface area contributed by atoms with Crippen molar-refractivity contribution in [3.8, 4) is 0 Å². The van der Waals surface area contributed by atoms with Crippen molar-refractivity contribution in [2.75, 3.05) is 0 Å². The molecular formula is C16H14ClN3OS. The van der Waals surface area contributed by atoms with Crippen LogP contribution in [0.3, 0.4) is 0 Å². The summed E-state index contributed by atoms with van der Waals surface area (Å²) in [5.41, 5.74) is 0.823. The number of nitrogens with zero attached hydrogens (tertiary/aromatic N) is 2. The molecule has 0 fully saturated rings. The third-order valence-corrected chi connectivity index (χ3v) is 4.57. The number of carbonyl (C=O) groups is 1. The zero-order chi connectivity index (χ0) is 15.5. The summed E-state index contributed by atoms with van der Waals surface area (Å²) in [7, 11) is 1.89. The van der Waals surface area contributed by atoms with Crippen LogP contribution in [0.4, 0.5) is 0 Å². The summed E-state index contributed by atoms with van der Waals surface area (Å²) in [5.74, 6) is 0.598. The second kappa shape index (κ2) is 6.34. The Bertz CT molecular complexity index is 782. The number of thiophene rings is 1. The quantitative estimate of drug-likeness (QED) is 0.793. The van der Waals surface area contributed by atoms with Crippen LogP contribution in [0, 0.1) is 0 Å². The highest BCUT2D eigenvalue weighted by molar-refractivity contribution is 7.12. The molecule has 1 amide bonds. The number of benzene rings is 1. The van der Waals surface area contributed by atoms with Gasteiger partial charge in [-0.05, 0) is 17.5 Å². The van der Waals surface area contributed by atoms with E-state index in [1.807, 2.05) is 53.5 Å². The van der Waals surface area contributed by atoms with E-state index in [1.54, 1.807) is 12.3 Å². The van der Waals surface area contributed by atoms with Gasteiger partial charge in [0.15, 0.2) is 0 Å². The molecule has 2 aromatic heterocycles. The van der Waals surface area contributed by atoms with Crippen molar-refractivity contribution in [1.29, 1.82) is 0 Å². The third kappa shape index (κ3) is 2.91. The first-order chi connectivity index (χ1) is 10.7. The standard InChI is InChI=1S/C16H14ClN3OS/c1-20-9-8-18-15(20)14(11-5-2-3-6-12(11)17)19-16(21)13-7-4-10-22-13/h2-10,14H,1H3,(H,19,21). The van der Waals surface area contributed by atoms with Gasteiger partial charge < -0.3 is 9.88 Å². The molecule has 0 aliphatic heterocycles. The molecule has 3 rings (SSSR count). The number of hydrogen-bond donors (Lipinski definition) is 1. The Kier molecular flexibility index (Phi) is 4.27. The summed E-state index contributed by atoms with van der Waals surface area (Å²) < 4.78 is 1.88. The van der Waals surface area contributed by atoms with Crippen LogP contribution >= 0.6 is 22.9 Å². The molecule has 22 heavy (non-hydrogen) atoms. The van der Waals surface area contributed by atoms with Crippen LogP contribution in [0.1, 0.15) is 27.1 Å². The van der Waals surface area contributed by atoms with Gasteiger partial charge in [0.25, 0.3) is 5.91 Å². The Hall–Kier alpha value is -2.11. The monoisotopic (exact) mass is 331 g/mol. The van der Waals surface area contributed by atoms with Gasteiger partial charge in [-0.15, -0.1) is 11.3 Å². The van der Waals surface area contributed by atoms with E-state index in [2.05, 4.69) is 10.3 Å². The van der Waals surface area contributed by atoms with Crippen LogP contribution in [-0.4, -0.2) is 15.5 Å². The molecular weight excluding hydrogens is 318 g/mol. The highest BCUT2D eigenvalue weighted by Gasteiger charge is 2.23. The number of rotatable bonds is 4. The fraction of sp³-hybridized carbons (Fsp3) is 0.125. The zero-order valence-electron chi connectivity index (χ0n) is 11.9. The van der Waals surface area contributed by atoms with Gasteiger partial charge in [0.05, 0.1) is 4.88 Å². The lowest BCUT2D eigenvalue weighted by molar-refractivity contribution is 0.0945. The zero-order valence-corrected chi connectivity index (χ0v) is 13.4. The Balaban J connectivity index is 1.99. The lowest BCUT2D eigenvalue weighted by atomic mass is 10.1. The van der Waals surface area contributed by atoms with Crippen molar-refractivity contribution >= 4 is 28.8 Å². The van der Waals surface area contributed by atoms with Crippen LogP contribution in [0.5, 0.6) is 0 Å². The smallest absolute Gasteiger partial charge is 0.262 e. The first-order valence-electron chi connectivity index (χ1n) is 6.73. The van der Waals surface area contributed by atoms with Gasteiger partial charge in [0.2, 0.25) is 0 Å². The molecule has 0 aliphatic carbocycles. The van der Waals surface area contributed by atoms with E-state index in [0.717, 1.165) is 11.4 Å². The van der Waals surface area contributed by atoms with Gasteiger partial charge in [-0.3, -0.25) is 4.79 Å². The first-order valence-corrected chi connectivity index (χ1v) is 7.98. The summed E-state index contributed by atoms with van der Waals surface area (Å²) in [5, 5.41) is 5.50. The molecule has 3 aromatic rings. The lowest BCUT2D eigenvalue weighted by Gasteiger charge is -2.19. The average Bonchev–Trinajstić information content (AvgIpc) is 3.17.